The Morgan fingerprint density at radius 2 is 0.750 bits per heavy atom. The first kappa shape index (κ1) is 17.5. The zero-order chi connectivity index (χ0) is 19.2. The maximum atomic E-state index is 9.44. The summed E-state index contributed by atoms with van der Waals surface area (Å²) in [5.74, 6) is 3.96. The van der Waals surface area contributed by atoms with Gasteiger partial charge in [-0.3, -0.25) is 0 Å². The fourth-order valence-electron chi connectivity index (χ4n) is 2.62. The van der Waals surface area contributed by atoms with Crippen LogP contribution in [0, 0.1) is 0 Å². The minimum absolute atomic E-state index is 0.182. The average molecular weight is 370 g/mol. The molecule has 0 saturated heterocycles. The second-order valence-electron chi connectivity index (χ2n) is 6.07. The smallest absolute Gasteiger partial charge is 0.134 e. The molecule has 1 N–H and O–H groups in total. The Morgan fingerprint density at radius 1 is 0.393 bits per heavy atom. The van der Waals surface area contributed by atoms with Gasteiger partial charge in [-0.05, 0) is 48.5 Å². The summed E-state index contributed by atoms with van der Waals surface area (Å²) >= 11 is 0. The summed E-state index contributed by atoms with van der Waals surface area (Å²) in [5.41, 5.74) is 0. The highest BCUT2D eigenvalue weighted by Gasteiger charge is 2.08. The fourth-order valence-corrected chi connectivity index (χ4v) is 2.62. The van der Waals surface area contributed by atoms with E-state index in [0.717, 1.165) is 11.5 Å². The van der Waals surface area contributed by atoms with E-state index in [2.05, 4.69) is 0 Å². The molecule has 4 aromatic rings. The molecule has 0 unspecified atom stereocenters. The van der Waals surface area contributed by atoms with Gasteiger partial charge in [0.15, 0.2) is 0 Å². The highest BCUT2D eigenvalue weighted by molar-refractivity contribution is 5.47. The number of aromatic hydroxyl groups is 1. The van der Waals surface area contributed by atoms with Gasteiger partial charge in [0.2, 0.25) is 0 Å². The van der Waals surface area contributed by atoms with Crippen molar-refractivity contribution in [2.75, 3.05) is 0 Å². The molecule has 0 saturated carbocycles. The molecule has 4 nitrogen and oxygen atoms in total. The first-order valence-electron chi connectivity index (χ1n) is 8.82. The molecule has 0 bridgehead atoms. The van der Waals surface area contributed by atoms with Crippen molar-refractivity contribution in [2.24, 2.45) is 0 Å². The number of phenolic OH excluding ortho intramolecular Hbond substituents is 1. The minimum atomic E-state index is 0.182. The van der Waals surface area contributed by atoms with Crippen molar-refractivity contribution < 1.29 is 19.3 Å². The summed E-state index contributed by atoms with van der Waals surface area (Å²) in [4.78, 5) is 0. The number of benzene rings is 4. The van der Waals surface area contributed by atoms with Gasteiger partial charge >= 0.3 is 0 Å². The van der Waals surface area contributed by atoms with Crippen LogP contribution in [0.2, 0.25) is 0 Å². The van der Waals surface area contributed by atoms with Crippen molar-refractivity contribution in [3.05, 3.63) is 103 Å². The molecular formula is C24H18O4. The van der Waals surface area contributed by atoms with Crippen molar-refractivity contribution in [3.8, 4) is 40.2 Å². The van der Waals surface area contributed by atoms with Gasteiger partial charge in [-0.1, -0.05) is 36.4 Å². The number of phenols is 1. The number of ether oxygens (including phenoxy) is 3. The van der Waals surface area contributed by atoms with Crippen LogP contribution in [0.3, 0.4) is 0 Å². The molecule has 28 heavy (non-hydrogen) atoms. The minimum Gasteiger partial charge on any atom is -0.508 e. The molecule has 0 aliphatic carbocycles. The number of para-hydroxylation sites is 2. The normalized spacial score (nSPS) is 10.3. The van der Waals surface area contributed by atoms with Gasteiger partial charge in [0, 0.05) is 18.2 Å². The third kappa shape index (κ3) is 4.62. The third-order valence-electron chi connectivity index (χ3n) is 3.88. The van der Waals surface area contributed by atoms with Crippen LogP contribution in [0.5, 0.6) is 40.2 Å². The second kappa shape index (κ2) is 8.18. The molecule has 0 spiro atoms. The predicted octanol–water partition coefficient (Wildman–Crippen LogP) is 6.77. The molecule has 4 heteroatoms. The summed E-state index contributed by atoms with van der Waals surface area (Å²) < 4.78 is 17.8. The van der Waals surface area contributed by atoms with E-state index >= 15 is 0 Å². The molecule has 0 aromatic heterocycles. The summed E-state index contributed by atoms with van der Waals surface area (Å²) in [6, 6.07) is 30.9. The summed E-state index contributed by atoms with van der Waals surface area (Å²) in [6.45, 7) is 0. The van der Waals surface area contributed by atoms with Gasteiger partial charge in [-0.25, -0.2) is 0 Å². The van der Waals surface area contributed by atoms with Crippen LogP contribution in [-0.4, -0.2) is 5.11 Å². The highest BCUT2D eigenvalue weighted by atomic mass is 16.5. The van der Waals surface area contributed by atoms with Gasteiger partial charge in [0.1, 0.15) is 40.2 Å². The first-order chi connectivity index (χ1) is 13.7. The maximum Gasteiger partial charge on any atom is 0.134 e. The number of hydrogen-bond donors (Lipinski definition) is 1. The lowest BCUT2D eigenvalue weighted by molar-refractivity contribution is 0.438. The largest absolute Gasteiger partial charge is 0.508 e. The van der Waals surface area contributed by atoms with E-state index in [1.807, 2.05) is 66.7 Å². The maximum absolute atomic E-state index is 9.44. The van der Waals surface area contributed by atoms with Crippen LogP contribution in [0.15, 0.2) is 103 Å². The first-order valence-corrected chi connectivity index (χ1v) is 8.82. The van der Waals surface area contributed by atoms with Crippen LogP contribution in [-0.2, 0) is 0 Å². The topological polar surface area (TPSA) is 47.9 Å². The summed E-state index contributed by atoms with van der Waals surface area (Å²) in [5, 5.41) is 9.44. The fraction of sp³-hybridized carbons (Fsp3) is 0. The van der Waals surface area contributed by atoms with Crippen molar-refractivity contribution in [1.29, 1.82) is 0 Å². The van der Waals surface area contributed by atoms with Crippen molar-refractivity contribution in [3.63, 3.8) is 0 Å². The Hall–Kier alpha value is -3.92. The quantitative estimate of drug-likeness (QED) is 0.407. The number of hydrogen-bond acceptors (Lipinski definition) is 4. The third-order valence-corrected chi connectivity index (χ3v) is 3.88. The molecule has 0 heterocycles. The van der Waals surface area contributed by atoms with Crippen LogP contribution in [0.4, 0.5) is 0 Å². The molecule has 0 radical (unpaired) electrons. The van der Waals surface area contributed by atoms with Crippen LogP contribution in [0.25, 0.3) is 0 Å². The van der Waals surface area contributed by atoms with E-state index < -0.39 is 0 Å². The Kier molecular flexibility index (Phi) is 5.11. The van der Waals surface area contributed by atoms with E-state index in [0.29, 0.717) is 23.0 Å². The SMILES string of the molecule is Oc1ccc(Oc2cc(Oc3ccccc3)cc(Oc3ccccc3)c2)cc1. The molecule has 4 aromatic carbocycles. The van der Waals surface area contributed by atoms with Crippen molar-refractivity contribution in [2.45, 2.75) is 0 Å². The molecule has 0 amide bonds. The van der Waals surface area contributed by atoms with E-state index in [4.69, 9.17) is 14.2 Å². The van der Waals surface area contributed by atoms with E-state index in [1.165, 1.54) is 0 Å². The van der Waals surface area contributed by atoms with Crippen LogP contribution >= 0.6 is 0 Å². The molecule has 138 valence electrons. The van der Waals surface area contributed by atoms with Gasteiger partial charge in [0.25, 0.3) is 0 Å². The molecule has 0 aliphatic heterocycles. The summed E-state index contributed by atoms with van der Waals surface area (Å²) in [7, 11) is 0. The standard InChI is InChI=1S/C24H18O4/c25-18-11-13-21(14-12-18)28-24-16-22(26-19-7-3-1-4-8-19)15-23(17-24)27-20-9-5-2-6-10-20/h1-17,25H. The molecule has 4 rings (SSSR count). The Labute approximate surface area is 163 Å². The van der Waals surface area contributed by atoms with Crippen LogP contribution in [0.1, 0.15) is 0 Å². The van der Waals surface area contributed by atoms with Crippen molar-refractivity contribution in [1.82, 2.24) is 0 Å². The van der Waals surface area contributed by atoms with E-state index in [1.54, 1.807) is 36.4 Å². The Balaban J connectivity index is 1.64. The van der Waals surface area contributed by atoms with Gasteiger partial charge < -0.3 is 19.3 Å². The van der Waals surface area contributed by atoms with Gasteiger partial charge in [0.05, 0.1) is 0 Å². The molecule has 0 atom stereocenters. The summed E-state index contributed by atoms with van der Waals surface area (Å²) in [6.07, 6.45) is 0. The van der Waals surface area contributed by atoms with Gasteiger partial charge in [-0.2, -0.15) is 0 Å². The average Bonchev–Trinajstić information content (AvgIpc) is 2.71. The lowest BCUT2D eigenvalue weighted by Crippen LogP contribution is -1.90. The van der Waals surface area contributed by atoms with Gasteiger partial charge in [-0.15, -0.1) is 0 Å². The lowest BCUT2D eigenvalue weighted by Gasteiger charge is -2.13. The van der Waals surface area contributed by atoms with Crippen LogP contribution < -0.4 is 14.2 Å². The lowest BCUT2D eigenvalue weighted by atomic mass is 10.2. The Bertz CT molecular complexity index is 969. The van der Waals surface area contributed by atoms with E-state index in [9.17, 15) is 5.11 Å². The van der Waals surface area contributed by atoms with E-state index in [-0.39, 0.29) is 5.75 Å². The zero-order valence-electron chi connectivity index (χ0n) is 15.0. The predicted molar refractivity (Wildman–Crippen MR) is 108 cm³/mol. The molecular weight excluding hydrogens is 352 g/mol. The highest BCUT2D eigenvalue weighted by Crippen LogP contribution is 2.35. The molecule has 0 fully saturated rings. The Morgan fingerprint density at radius 3 is 1.14 bits per heavy atom. The molecule has 0 aliphatic rings. The number of rotatable bonds is 6. The second-order valence-corrected chi connectivity index (χ2v) is 6.07. The monoisotopic (exact) mass is 370 g/mol. The zero-order valence-corrected chi connectivity index (χ0v) is 15.0. The van der Waals surface area contributed by atoms with Crippen molar-refractivity contribution >= 4 is 0 Å².